The number of benzene rings is 1. The van der Waals surface area contributed by atoms with Gasteiger partial charge in [0.15, 0.2) is 0 Å². The van der Waals surface area contributed by atoms with Crippen LogP contribution in [0.25, 0.3) is 0 Å². The van der Waals surface area contributed by atoms with Crippen LogP contribution in [0.3, 0.4) is 0 Å². The molecule has 0 saturated heterocycles. The average Bonchev–Trinajstić information content (AvgIpc) is 2.17. The van der Waals surface area contributed by atoms with Gasteiger partial charge >= 0.3 is 0 Å². The lowest BCUT2D eigenvalue weighted by Gasteiger charge is -2.09. The minimum absolute atomic E-state index is 0.0169. The zero-order chi connectivity index (χ0) is 12.2. The Hall–Kier alpha value is -1.25. The first-order valence-corrected chi connectivity index (χ1v) is 6.75. The van der Waals surface area contributed by atoms with Crippen molar-refractivity contribution in [3.63, 3.8) is 0 Å². The second-order valence-corrected chi connectivity index (χ2v) is 5.44. The average molecular weight is 259 g/mol. The SMILES string of the molecule is Cc1cccc(NS(=O)(=O)CCCl)c1C#N. The van der Waals surface area contributed by atoms with E-state index in [-0.39, 0.29) is 11.6 Å². The maximum atomic E-state index is 11.5. The molecule has 0 saturated carbocycles. The van der Waals surface area contributed by atoms with Crippen molar-refractivity contribution in [2.45, 2.75) is 6.92 Å². The third-order valence-electron chi connectivity index (χ3n) is 2.00. The van der Waals surface area contributed by atoms with E-state index in [2.05, 4.69) is 4.72 Å². The molecule has 6 heteroatoms. The van der Waals surface area contributed by atoms with Gasteiger partial charge in [-0.2, -0.15) is 5.26 Å². The monoisotopic (exact) mass is 258 g/mol. The molecule has 16 heavy (non-hydrogen) atoms. The van der Waals surface area contributed by atoms with Crippen LogP contribution in [-0.4, -0.2) is 20.1 Å². The highest BCUT2D eigenvalue weighted by Gasteiger charge is 2.12. The fourth-order valence-corrected chi connectivity index (χ4v) is 2.64. The van der Waals surface area contributed by atoms with E-state index in [0.717, 1.165) is 5.56 Å². The van der Waals surface area contributed by atoms with Crippen LogP contribution in [0.2, 0.25) is 0 Å². The van der Waals surface area contributed by atoms with Crippen LogP contribution < -0.4 is 4.72 Å². The summed E-state index contributed by atoms with van der Waals surface area (Å²) in [7, 11) is -3.47. The fourth-order valence-electron chi connectivity index (χ4n) is 1.22. The number of hydrogen-bond donors (Lipinski definition) is 1. The Bertz CT molecular complexity index is 520. The number of nitrogens with zero attached hydrogens (tertiary/aromatic N) is 1. The molecule has 0 radical (unpaired) electrons. The molecule has 0 fully saturated rings. The van der Waals surface area contributed by atoms with Crippen molar-refractivity contribution >= 4 is 27.3 Å². The van der Waals surface area contributed by atoms with Crippen LogP contribution in [0.1, 0.15) is 11.1 Å². The van der Waals surface area contributed by atoms with Gasteiger partial charge in [-0.25, -0.2) is 8.42 Å². The van der Waals surface area contributed by atoms with Gasteiger partial charge in [-0.05, 0) is 18.6 Å². The molecule has 0 bridgehead atoms. The summed E-state index contributed by atoms with van der Waals surface area (Å²) in [4.78, 5) is 0. The topological polar surface area (TPSA) is 70.0 Å². The summed E-state index contributed by atoms with van der Waals surface area (Å²) in [5, 5.41) is 8.92. The number of anilines is 1. The van der Waals surface area contributed by atoms with Crippen LogP contribution >= 0.6 is 11.6 Å². The smallest absolute Gasteiger partial charge is 0.233 e. The summed E-state index contributed by atoms with van der Waals surface area (Å²) >= 11 is 5.37. The number of alkyl halides is 1. The van der Waals surface area contributed by atoms with E-state index in [1.54, 1.807) is 25.1 Å². The van der Waals surface area contributed by atoms with E-state index in [1.165, 1.54) is 0 Å². The Labute approximate surface area is 99.9 Å². The molecule has 0 atom stereocenters. The molecule has 1 aromatic rings. The number of nitriles is 1. The zero-order valence-corrected chi connectivity index (χ0v) is 10.3. The van der Waals surface area contributed by atoms with Gasteiger partial charge in [0.1, 0.15) is 6.07 Å². The summed E-state index contributed by atoms with van der Waals surface area (Å²) in [6.45, 7) is 1.75. The Balaban J connectivity index is 3.08. The first-order chi connectivity index (χ1) is 7.50. The predicted molar refractivity (Wildman–Crippen MR) is 64.0 cm³/mol. The molecular weight excluding hydrogens is 248 g/mol. The molecule has 1 aromatic carbocycles. The summed E-state index contributed by atoms with van der Waals surface area (Å²) in [5.74, 6) is -0.156. The molecular formula is C10H11ClN2O2S. The molecule has 0 heterocycles. The van der Waals surface area contributed by atoms with E-state index in [1.807, 2.05) is 6.07 Å². The van der Waals surface area contributed by atoms with E-state index in [9.17, 15) is 8.42 Å². The molecule has 86 valence electrons. The minimum atomic E-state index is -3.47. The highest BCUT2D eigenvalue weighted by molar-refractivity contribution is 7.92. The van der Waals surface area contributed by atoms with Crippen LogP contribution in [0, 0.1) is 18.3 Å². The van der Waals surface area contributed by atoms with E-state index < -0.39 is 10.0 Å². The van der Waals surface area contributed by atoms with Gasteiger partial charge in [0.2, 0.25) is 10.0 Å². The normalized spacial score (nSPS) is 10.8. The molecule has 0 unspecified atom stereocenters. The lowest BCUT2D eigenvalue weighted by molar-refractivity contribution is 0.602. The highest BCUT2D eigenvalue weighted by atomic mass is 35.5. The number of halogens is 1. The van der Waals surface area contributed by atoms with Crippen molar-refractivity contribution in [2.75, 3.05) is 16.4 Å². The number of hydrogen-bond acceptors (Lipinski definition) is 3. The number of nitrogens with one attached hydrogen (secondary N) is 1. The first kappa shape index (κ1) is 12.8. The third-order valence-corrected chi connectivity index (χ3v) is 3.68. The van der Waals surface area contributed by atoms with E-state index >= 15 is 0 Å². The summed E-state index contributed by atoms with van der Waals surface area (Å²) < 4.78 is 25.3. The molecule has 1 N–H and O–H groups in total. The van der Waals surface area contributed by atoms with Gasteiger partial charge in [0, 0.05) is 5.88 Å². The number of sulfonamides is 1. The first-order valence-electron chi connectivity index (χ1n) is 4.56. The zero-order valence-electron chi connectivity index (χ0n) is 8.70. The summed E-state index contributed by atoms with van der Waals surface area (Å²) in [5.41, 5.74) is 1.36. The van der Waals surface area contributed by atoms with Gasteiger partial charge in [-0.15, -0.1) is 11.6 Å². The minimum Gasteiger partial charge on any atom is -0.282 e. The van der Waals surface area contributed by atoms with Gasteiger partial charge in [0.25, 0.3) is 0 Å². The van der Waals surface area contributed by atoms with Crippen molar-refractivity contribution < 1.29 is 8.42 Å². The Morgan fingerprint density at radius 2 is 2.19 bits per heavy atom. The molecule has 0 aliphatic rings. The van der Waals surface area contributed by atoms with Gasteiger partial charge in [0.05, 0.1) is 17.0 Å². The van der Waals surface area contributed by atoms with Crippen LogP contribution in [0.5, 0.6) is 0 Å². The number of rotatable bonds is 4. The lowest BCUT2D eigenvalue weighted by Crippen LogP contribution is -2.18. The highest BCUT2D eigenvalue weighted by Crippen LogP contribution is 2.19. The quantitative estimate of drug-likeness (QED) is 0.838. The second kappa shape index (κ2) is 5.19. The predicted octanol–water partition coefficient (Wildman–Crippen LogP) is 1.85. The van der Waals surface area contributed by atoms with Crippen molar-refractivity contribution in [3.8, 4) is 6.07 Å². The van der Waals surface area contributed by atoms with Crippen molar-refractivity contribution in [1.82, 2.24) is 0 Å². The molecule has 4 nitrogen and oxygen atoms in total. The Morgan fingerprint density at radius 3 is 2.75 bits per heavy atom. The van der Waals surface area contributed by atoms with Gasteiger partial charge in [-0.1, -0.05) is 12.1 Å². The number of aryl methyl sites for hydroxylation is 1. The van der Waals surface area contributed by atoms with Gasteiger partial charge in [-0.3, -0.25) is 4.72 Å². The van der Waals surface area contributed by atoms with Gasteiger partial charge < -0.3 is 0 Å². The van der Waals surface area contributed by atoms with Crippen molar-refractivity contribution in [1.29, 1.82) is 5.26 Å². The van der Waals surface area contributed by atoms with Crippen LogP contribution in [0.15, 0.2) is 18.2 Å². The van der Waals surface area contributed by atoms with Crippen molar-refractivity contribution in [3.05, 3.63) is 29.3 Å². The second-order valence-electron chi connectivity index (χ2n) is 3.22. The molecule has 0 aromatic heterocycles. The fraction of sp³-hybridized carbons (Fsp3) is 0.300. The molecule has 1 rings (SSSR count). The third kappa shape index (κ3) is 3.12. The summed E-state index contributed by atoms with van der Waals surface area (Å²) in [6, 6.07) is 6.96. The van der Waals surface area contributed by atoms with E-state index in [4.69, 9.17) is 16.9 Å². The standard InChI is InChI=1S/C10H11ClN2O2S/c1-8-3-2-4-10(9(8)7-12)13-16(14,15)6-5-11/h2-4,13H,5-6H2,1H3. The molecule has 0 amide bonds. The summed E-state index contributed by atoms with van der Waals surface area (Å²) in [6.07, 6.45) is 0. The largest absolute Gasteiger partial charge is 0.282 e. The Kier molecular flexibility index (Phi) is 4.16. The van der Waals surface area contributed by atoms with Crippen molar-refractivity contribution in [2.24, 2.45) is 0 Å². The molecule has 0 spiro atoms. The maximum absolute atomic E-state index is 11.5. The van der Waals surface area contributed by atoms with Crippen LogP contribution in [-0.2, 0) is 10.0 Å². The molecule has 0 aliphatic heterocycles. The van der Waals surface area contributed by atoms with Crippen LogP contribution in [0.4, 0.5) is 5.69 Å². The van der Waals surface area contributed by atoms with E-state index in [0.29, 0.717) is 11.3 Å². The Morgan fingerprint density at radius 1 is 1.50 bits per heavy atom. The lowest BCUT2D eigenvalue weighted by atomic mass is 10.1. The molecule has 0 aliphatic carbocycles. The maximum Gasteiger partial charge on any atom is 0.233 e.